The van der Waals surface area contributed by atoms with E-state index < -0.39 is 0 Å². The molecule has 1 amide bonds. The second-order valence-corrected chi connectivity index (χ2v) is 5.55. The molecule has 0 heterocycles. The summed E-state index contributed by atoms with van der Waals surface area (Å²) in [5, 5.41) is 2.78. The second-order valence-electron chi connectivity index (χ2n) is 4.69. The molecule has 0 atom stereocenters. The third kappa shape index (κ3) is 6.71. The van der Waals surface area contributed by atoms with E-state index in [0.717, 1.165) is 12.8 Å². The number of halogens is 2. The van der Waals surface area contributed by atoms with Crippen LogP contribution >= 0.6 is 15.9 Å². The molecule has 0 saturated carbocycles. The molecule has 0 fully saturated rings. The molecule has 0 aliphatic rings. The number of amides is 1. The fourth-order valence-corrected chi connectivity index (χ4v) is 2.24. The fraction of sp³-hybridized carbons (Fsp3) is 0.533. The van der Waals surface area contributed by atoms with Gasteiger partial charge >= 0.3 is 0 Å². The number of carbonyl (C=O) groups excluding carboxylic acids is 1. The molecule has 0 aliphatic carbocycles. The van der Waals surface area contributed by atoms with Crippen molar-refractivity contribution in [2.75, 3.05) is 5.32 Å². The van der Waals surface area contributed by atoms with Crippen molar-refractivity contribution in [2.24, 2.45) is 0 Å². The molecule has 0 spiro atoms. The largest absolute Gasteiger partial charge is 0.326 e. The van der Waals surface area contributed by atoms with E-state index in [9.17, 15) is 9.18 Å². The number of hydrogen-bond donors (Lipinski definition) is 1. The van der Waals surface area contributed by atoms with Crippen LogP contribution in [0.2, 0.25) is 0 Å². The van der Waals surface area contributed by atoms with Crippen LogP contribution in [-0.4, -0.2) is 5.91 Å². The molecular formula is C15H21BrFNO. The molecule has 0 unspecified atom stereocenters. The highest BCUT2D eigenvalue weighted by Gasteiger charge is 2.04. The van der Waals surface area contributed by atoms with Gasteiger partial charge in [-0.3, -0.25) is 4.79 Å². The third-order valence-electron chi connectivity index (χ3n) is 2.96. The lowest BCUT2D eigenvalue weighted by molar-refractivity contribution is -0.116. The van der Waals surface area contributed by atoms with Crippen molar-refractivity contribution in [3.8, 4) is 0 Å². The third-order valence-corrected chi connectivity index (χ3v) is 3.57. The molecule has 0 aliphatic heterocycles. The summed E-state index contributed by atoms with van der Waals surface area (Å²) in [4.78, 5) is 11.7. The van der Waals surface area contributed by atoms with Crippen LogP contribution in [-0.2, 0) is 4.79 Å². The first kappa shape index (κ1) is 16.2. The minimum atomic E-state index is -0.325. The van der Waals surface area contributed by atoms with E-state index in [0.29, 0.717) is 16.6 Å². The summed E-state index contributed by atoms with van der Waals surface area (Å²) in [7, 11) is 0. The monoisotopic (exact) mass is 329 g/mol. The van der Waals surface area contributed by atoms with E-state index in [1.165, 1.54) is 31.7 Å². The van der Waals surface area contributed by atoms with Gasteiger partial charge in [0, 0.05) is 12.1 Å². The Balaban J connectivity index is 2.21. The number of carbonyl (C=O) groups is 1. The molecule has 0 bridgehead atoms. The summed E-state index contributed by atoms with van der Waals surface area (Å²) in [6.07, 6.45) is 7.50. The molecule has 4 heteroatoms. The van der Waals surface area contributed by atoms with Gasteiger partial charge in [0.15, 0.2) is 0 Å². The van der Waals surface area contributed by atoms with Crippen molar-refractivity contribution in [2.45, 2.75) is 51.9 Å². The van der Waals surface area contributed by atoms with Crippen molar-refractivity contribution in [3.63, 3.8) is 0 Å². The Hall–Kier alpha value is -0.900. The highest BCUT2D eigenvalue weighted by molar-refractivity contribution is 9.10. The normalized spacial score (nSPS) is 10.5. The second kappa shape index (κ2) is 9.08. The fourth-order valence-electron chi connectivity index (χ4n) is 1.86. The zero-order valence-corrected chi connectivity index (χ0v) is 12.9. The van der Waals surface area contributed by atoms with Crippen molar-refractivity contribution >= 4 is 27.5 Å². The Bertz CT molecular complexity index is 409. The van der Waals surface area contributed by atoms with Gasteiger partial charge in [0.25, 0.3) is 0 Å². The van der Waals surface area contributed by atoms with Gasteiger partial charge < -0.3 is 5.32 Å². The zero-order valence-electron chi connectivity index (χ0n) is 11.3. The first-order chi connectivity index (χ1) is 9.13. The lowest BCUT2D eigenvalue weighted by atomic mass is 10.1. The molecule has 0 radical (unpaired) electrons. The van der Waals surface area contributed by atoms with E-state index in [4.69, 9.17) is 0 Å². The number of rotatable bonds is 8. The summed E-state index contributed by atoms with van der Waals surface area (Å²) in [5.74, 6) is -0.331. The van der Waals surface area contributed by atoms with E-state index >= 15 is 0 Å². The van der Waals surface area contributed by atoms with Gasteiger partial charge in [-0.15, -0.1) is 0 Å². The maximum Gasteiger partial charge on any atom is 0.224 e. The Morgan fingerprint density at radius 3 is 2.58 bits per heavy atom. The van der Waals surface area contributed by atoms with Crippen LogP contribution in [0.5, 0.6) is 0 Å². The molecule has 2 nitrogen and oxygen atoms in total. The molecule has 0 aromatic heterocycles. The van der Waals surface area contributed by atoms with E-state index in [1.807, 2.05) is 0 Å². The van der Waals surface area contributed by atoms with Crippen LogP contribution in [0, 0.1) is 5.82 Å². The number of nitrogens with one attached hydrogen (secondary N) is 1. The number of hydrogen-bond acceptors (Lipinski definition) is 1. The van der Waals surface area contributed by atoms with Crippen molar-refractivity contribution in [1.82, 2.24) is 0 Å². The number of anilines is 1. The van der Waals surface area contributed by atoms with Crippen molar-refractivity contribution in [1.29, 1.82) is 0 Å². The average Bonchev–Trinajstić information content (AvgIpc) is 2.38. The summed E-state index contributed by atoms with van der Waals surface area (Å²) in [6.45, 7) is 2.19. The van der Waals surface area contributed by atoms with Crippen molar-refractivity contribution in [3.05, 3.63) is 28.5 Å². The summed E-state index contributed by atoms with van der Waals surface area (Å²) < 4.78 is 13.4. The van der Waals surface area contributed by atoms with Gasteiger partial charge in [-0.2, -0.15) is 0 Å². The van der Waals surface area contributed by atoms with E-state index in [1.54, 1.807) is 12.1 Å². The van der Waals surface area contributed by atoms with E-state index in [-0.39, 0.29) is 11.7 Å². The summed E-state index contributed by atoms with van der Waals surface area (Å²) in [5.41, 5.74) is 0.629. The molecule has 19 heavy (non-hydrogen) atoms. The van der Waals surface area contributed by atoms with Crippen LogP contribution in [0.4, 0.5) is 10.1 Å². The molecular weight excluding hydrogens is 309 g/mol. The smallest absolute Gasteiger partial charge is 0.224 e. The van der Waals surface area contributed by atoms with Crippen LogP contribution in [0.1, 0.15) is 51.9 Å². The average molecular weight is 330 g/mol. The summed E-state index contributed by atoms with van der Waals surface area (Å²) in [6, 6.07) is 4.48. The minimum Gasteiger partial charge on any atom is -0.326 e. The lowest BCUT2D eigenvalue weighted by Crippen LogP contribution is -2.11. The van der Waals surface area contributed by atoms with Gasteiger partial charge in [-0.1, -0.05) is 39.0 Å². The van der Waals surface area contributed by atoms with Crippen LogP contribution in [0.15, 0.2) is 22.7 Å². The standard InChI is InChI=1S/C15H21BrFNO/c1-2-3-4-5-6-7-8-15(19)18-12-9-10-14(17)13(16)11-12/h9-11H,2-8H2,1H3,(H,18,19). The highest BCUT2D eigenvalue weighted by Crippen LogP contribution is 2.20. The quantitative estimate of drug-likeness (QED) is 0.646. The van der Waals surface area contributed by atoms with Gasteiger partial charge in [0.05, 0.1) is 4.47 Å². The first-order valence-electron chi connectivity index (χ1n) is 6.88. The predicted octanol–water partition coefficient (Wildman–Crippen LogP) is 5.28. The first-order valence-corrected chi connectivity index (χ1v) is 7.67. The Kier molecular flexibility index (Phi) is 7.72. The molecule has 106 valence electrons. The molecule has 1 aromatic carbocycles. The zero-order chi connectivity index (χ0) is 14.1. The molecule has 1 rings (SSSR count). The van der Waals surface area contributed by atoms with Gasteiger partial charge in [0.1, 0.15) is 5.82 Å². The predicted molar refractivity (Wildman–Crippen MR) is 80.7 cm³/mol. The molecule has 0 saturated heterocycles. The van der Waals surface area contributed by atoms with Gasteiger partial charge in [0.2, 0.25) is 5.91 Å². The van der Waals surface area contributed by atoms with Crippen LogP contribution in [0.25, 0.3) is 0 Å². The highest BCUT2D eigenvalue weighted by atomic mass is 79.9. The van der Waals surface area contributed by atoms with Crippen LogP contribution < -0.4 is 5.32 Å². The Morgan fingerprint density at radius 1 is 1.21 bits per heavy atom. The van der Waals surface area contributed by atoms with Gasteiger partial charge in [-0.05, 0) is 40.5 Å². The molecule has 1 N–H and O–H groups in total. The summed E-state index contributed by atoms with van der Waals surface area (Å²) >= 11 is 3.10. The Morgan fingerprint density at radius 2 is 1.89 bits per heavy atom. The van der Waals surface area contributed by atoms with E-state index in [2.05, 4.69) is 28.2 Å². The molecule has 1 aromatic rings. The minimum absolute atomic E-state index is 0.00556. The number of benzene rings is 1. The SMILES string of the molecule is CCCCCCCCC(=O)Nc1ccc(F)c(Br)c1. The van der Waals surface area contributed by atoms with Gasteiger partial charge in [-0.25, -0.2) is 4.39 Å². The van der Waals surface area contributed by atoms with Crippen LogP contribution in [0.3, 0.4) is 0 Å². The lowest BCUT2D eigenvalue weighted by Gasteiger charge is -2.06. The maximum atomic E-state index is 13.0. The number of unbranched alkanes of at least 4 members (excludes halogenated alkanes) is 5. The van der Waals surface area contributed by atoms with Crippen molar-refractivity contribution < 1.29 is 9.18 Å². The maximum absolute atomic E-state index is 13.0. The topological polar surface area (TPSA) is 29.1 Å². The Labute approximate surface area is 122 Å².